The monoisotopic (exact) mass is 326 g/mol. The predicted octanol–water partition coefficient (Wildman–Crippen LogP) is 4.70. The smallest absolute Gasteiger partial charge is 0.312 e. The molecule has 0 aliphatic rings. The van der Waals surface area contributed by atoms with Gasteiger partial charge in [-0.05, 0) is 37.8 Å². The Balaban J connectivity index is 2.69. The van der Waals surface area contributed by atoms with Gasteiger partial charge in [-0.1, -0.05) is 31.5 Å². The second-order valence-corrected chi connectivity index (χ2v) is 8.36. The maximum absolute atomic E-state index is 12.4. The third-order valence-corrected chi connectivity index (χ3v) is 5.75. The summed E-state index contributed by atoms with van der Waals surface area (Å²) in [6.07, 6.45) is 0.566. The summed E-state index contributed by atoms with van der Waals surface area (Å²) in [5, 5.41) is 0. The molecule has 1 rings (SSSR count). The van der Waals surface area contributed by atoms with Crippen molar-refractivity contribution in [2.24, 2.45) is 5.92 Å². The zero-order valence-corrected chi connectivity index (χ0v) is 15.3. The summed E-state index contributed by atoms with van der Waals surface area (Å²) in [5.41, 5.74) is 3.83. The van der Waals surface area contributed by atoms with Crippen LogP contribution in [-0.4, -0.2) is 25.7 Å². The zero-order chi connectivity index (χ0) is 16.9. The Bertz CT molecular complexity index is 555. The summed E-state index contributed by atoms with van der Waals surface area (Å²) in [6, 6.07) is 4.00. The van der Waals surface area contributed by atoms with E-state index in [-0.39, 0.29) is 24.7 Å². The van der Waals surface area contributed by atoms with Gasteiger partial charge >= 0.3 is 7.60 Å². The van der Waals surface area contributed by atoms with Crippen molar-refractivity contribution in [1.82, 2.24) is 0 Å². The minimum absolute atomic E-state index is 0.0159. The Hall–Kier alpha value is -0.960. The summed E-state index contributed by atoms with van der Waals surface area (Å²) < 4.78 is 22.8. The van der Waals surface area contributed by atoms with Crippen molar-refractivity contribution < 1.29 is 18.4 Å². The number of hydrogen-bond donors (Lipinski definition) is 0. The van der Waals surface area contributed by atoms with Crippen LogP contribution in [0.1, 0.15) is 47.3 Å². The molecule has 0 aliphatic carbocycles. The Morgan fingerprint density at radius 1 is 1.18 bits per heavy atom. The first-order chi connectivity index (χ1) is 10.2. The molecule has 0 aliphatic heterocycles. The predicted molar refractivity (Wildman–Crippen MR) is 89.9 cm³/mol. The SMILES string of the molecule is COP(=O)(CC(C)C)OCCC(=O)c1c(C)cc(C)cc1C. The Morgan fingerprint density at radius 3 is 2.18 bits per heavy atom. The minimum Gasteiger partial charge on any atom is -0.312 e. The van der Waals surface area contributed by atoms with Crippen molar-refractivity contribution in [2.75, 3.05) is 19.9 Å². The van der Waals surface area contributed by atoms with Crippen LogP contribution in [0.3, 0.4) is 0 Å². The van der Waals surface area contributed by atoms with Gasteiger partial charge in [0.2, 0.25) is 0 Å². The van der Waals surface area contributed by atoms with Crippen LogP contribution in [0.25, 0.3) is 0 Å². The molecule has 0 radical (unpaired) electrons. The molecule has 5 heteroatoms. The minimum atomic E-state index is -3.09. The highest BCUT2D eigenvalue weighted by atomic mass is 31.2. The van der Waals surface area contributed by atoms with Gasteiger partial charge in [-0.3, -0.25) is 9.36 Å². The molecule has 22 heavy (non-hydrogen) atoms. The molecule has 1 unspecified atom stereocenters. The molecule has 4 nitrogen and oxygen atoms in total. The Labute approximate surface area is 133 Å². The van der Waals surface area contributed by atoms with Gasteiger partial charge in [-0.15, -0.1) is 0 Å². The van der Waals surface area contributed by atoms with Crippen molar-refractivity contribution in [3.63, 3.8) is 0 Å². The van der Waals surface area contributed by atoms with Crippen molar-refractivity contribution >= 4 is 13.4 Å². The molecule has 0 N–H and O–H groups in total. The lowest BCUT2D eigenvalue weighted by atomic mass is 9.95. The summed E-state index contributed by atoms with van der Waals surface area (Å²) in [4.78, 5) is 12.4. The first-order valence-electron chi connectivity index (χ1n) is 7.59. The van der Waals surface area contributed by atoms with Crippen LogP contribution in [0.4, 0.5) is 0 Å². The highest BCUT2D eigenvalue weighted by Gasteiger charge is 2.25. The molecule has 0 heterocycles. The summed E-state index contributed by atoms with van der Waals surface area (Å²) in [7, 11) is -1.70. The van der Waals surface area contributed by atoms with Gasteiger partial charge in [-0.2, -0.15) is 0 Å². The number of carbonyl (C=O) groups is 1. The summed E-state index contributed by atoms with van der Waals surface area (Å²) in [6.45, 7) is 9.92. The van der Waals surface area contributed by atoms with E-state index >= 15 is 0 Å². The zero-order valence-electron chi connectivity index (χ0n) is 14.4. The van der Waals surface area contributed by atoms with Gasteiger partial charge in [-0.25, -0.2) is 0 Å². The largest absolute Gasteiger partial charge is 0.330 e. The van der Waals surface area contributed by atoms with E-state index in [0.29, 0.717) is 6.16 Å². The van der Waals surface area contributed by atoms with Crippen LogP contribution in [-0.2, 0) is 13.6 Å². The number of ketones is 1. The van der Waals surface area contributed by atoms with Crippen LogP contribution in [0.15, 0.2) is 12.1 Å². The molecule has 1 aromatic carbocycles. The molecule has 1 atom stereocenters. The van der Waals surface area contributed by atoms with Crippen LogP contribution in [0, 0.1) is 26.7 Å². The fraction of sp³-hybridized carbons (Fsp3) is 0.588. The number of hydrogen-bond acceptors (Lipinski definition) is 4. The molecule has 124 valence electrons. The van der Waals surface area contributed by atoms with Gasteiger partial charge < -0.3 is 9.05 Å². The van der Waals surface area contributed by atoms with Crippen LogP contribution in [0.2, 0.25) is 0 Å². The third-order valence-electron chi connectivity index (χ3n) is 3.44. The maximum Gasteiger partial charge on any atom is 0.330 e. The van der Waals surface area contributed by atoms with Crippen molar-refractivity contribution in [3.05, 3.63) is 34.4 Å². The normalized spacial score (nSPS) is 14.1. The summed E-state index contributed by atoms with van der Waals surface area (Å²) in [5.74, 6) is 0.227. The number of rotatable bonds is 8. The van der Waals surface area contributed by atoms with Crippen molar-refractivity contribution in [1.29, 1.82) is 0 Å². The van der Waals surface area contributed by atoms with Gasteiger partial charge in [0.05, 0.1) is 12.8 Å². The average Bonchev–Trinajstić information content (AvgIpc) is 2.36. The van der Waals surface area contributed by atoms with Gasteiger partial charge in [0.25, 0.3) is 0 Å². The molecular formula is C17H27O4P. The molecule has 0 aromatic heterocycles. The summed E-state index contributed by atoms with van der Waals surface area (Å²) >= 11 is 0. The molecule has 0 saturated carbocycles. The van der Waals surface area contributed by atoms with Crippen LogP contribution in [0.5, 0.6) is 0 Å². The van der Waals surface area contributed by atoms with E-state index in [1.165, 1.54) is 7.11 Å². The van der Waals surface area contributed by atoms with E-state index in [1.54, 1.807) is 0 Å². The highest BCUT2D eigenvalue weighted by molar-refractivity contribution is 7.53. The molecule has 0 spiro atoms. The molecule has 0 fully saturated rings. The van der Waals surface area contributed by atoms with Gasteiger partial charge in [0, 0.05) is 19.1 Å². The van der Waals surface area contributed by atoms with Crippen molar-refractivity contribution in [3.8, 4) is 0 Å². The highest BCUT2D eigenvalue weighted by Crippen LogP contribution is 2.48. The van der Waals surface area contributed by atoms with Crippen LogP contribution >= 0.6 is 7.60 Å². The Kier molecular flexibility index (Phi) is 6.98. The van der Waals surface area contributed by atoms with Gasteiger partial charge in [0.15, 0.2) is 5.78 Å². The standard InChI is InChI=1S/C17H27O4P/c1-12(2)11-22(19,20-6)21-8-7-16(18)17-14(4)9-13(3)10-15(17)5/h9-10,12H,7-8,11H2,1-6H3. The van der Waals surface area contributed by atoms with E-state index < -0.39 is 7.60 Å². The second-order valence-electron chi connectivity index (χ2n) is 6.15. The number of carbonyl (C=O) groups excluding carboxylic acids is 1. The molecule has 1 aromatic rings. The van der Waals surface area contributed by atoms with E-state index in [0.717, 1.165) is 22.3 Å². The first kappa shape index (κ1) is 19.1. The van der Waals surface area contributed by atoms with Crippen LogP contribution < -0.4 is 0 Å². The lowest BCUT2D eigenvalue weighted by molar-refractivity contribution is 0.0956. The van der Waals surface area contributed by atoms with E-state index in [9.17, 15) is 9.36 Å². The first-order valence-corrected chi connectivity index (χ1v) is 9.31. The lowest BCUT2D eigenvalue weighted by Crippen LogP contribution is -2.10. The van der Waals surface area contributed by atoms with Crippen molar-refractivity contribution in [2.45, 2.75) is 41.0 Å². The van der Waals surface area contributed by atoms with E-state index in [4.69, 9.17) is 9.05 Å². The molecule has 0 bridgehead atoms. The molecular weight excluding hydrogens is 299 g/mol. The molecule has 0 saturated heterocycles. The lowest BCUT2D eigenvalue weighted by Gasteiger charge is -2.18. The fourth-order valence-electron chi connectivity index (χ4n) is 2.65. The topological polar surface area (TPSA) is 52.6 Å². The number of aryl methyl sites for hydroxylation is 3. The molecule has 0 amide bonds. The van der Waals surface area contributed by atoms with Gasteiger partial charge in [0.1, 0.15) is 0 Å². The third kappa shape index (κ3) is 5.35. The van der Waals surface area contributed by atoms with E-state index in [2.05, 4.69) is 0 Å². The maximum atomic E-state index is 12.4. The number of benzene rings is 1. The quantitative estimate of drug-likeness (QED) is 0.513. The number of Topliss-reactive ketones (excluding diaryl/α,β-unsaturated/α-hetero) is 1. The second kappa shape index (κ2) is 8.05. The van der Waals surface area contributed by atoms with E-state index in [1.807, 2.05) is 46.8 Å². The fourth-order valence-corrected chi connectivity index (χ4v) is 4.27. The average molecular weight is 326 g/mol. The Morgan fingerprint density at radius 2 is 1.73 bits per heavy atom.